The molecular weight excluding hydrogens is 330 g/mol. The summed E-state index contributed by atoms with van der Waals surface area (Å²) >= 11 is 0. The first-order valence-electron chi connectivity index (χ1n) is 8.71. The molecule has 2 atom stereocenters. The van der Waals surface area contributed by atoms with Gasteiger partial charge >= 0.3 is 0 Å². The Hall–Kier alpha value is -1.73. The molecule has 1 aromatic carbocycles. The second-order valence-electron chi connectivity index (χ2n) is 6.56. The monoisotopic (exact) mass is 354 g/mol. The molecule has 0 spiro atoms. The molecule has 3 rings (SSSR count). The number of nitrogens with zero attached hydrogens (tertiary/aromatic N) is 2. The molecular formula is C18H24F2N2O3. The van der Waals surface area contributed by atoms with E-state index in [1.807, 2.05) is 0 Å². The number of carbonyl (C=O) groups is 1. The highest BCUT2D eigenvalue weighted by Crippen LogP contribution is 2.28. The first-order chi connectivity index (χ1) is 12.1. The number of methoxy groups -OCH3 is 1. The van der Waals surface area contributed by atoms with Gasteiger partial charge < -0.3 is 14.4 Å². The van der Waals surface area contributed by atoms with Crippen molar-refractivity contribution in [3.8, 4) is 5.75 Å². The van der Waals surface area contributed by atoms with Crippen molar-refractivity contribution in [2.24, 2.45) is 0 Å². The second kappa shape index (κ2) is 7.66. The van der Waals surface area contributed by atoms with Crippen LogP contribution in [-0.2, 0) is 4.74 Å². The topological polar surface area (TPSA) is 42.0 Å². The molecule has 0 saturated carbocycles. The normalized spacial score (nSPS) is 24.1. The Labute approximate surface area is 146 Å². The van der Waals surface area contributed by atoms with Crippen LogP contribution in [0.3, 0.4) is 0 Å². The summed E-state index contributed by atoms with van der Waals surface area (Å²) < 4.78 is 38.6. The van der Waals surface area contributed by atoms with Gasteiger partial charge in [0.1, 0.15) is 11.3 Å². The Morgan fingerprint density at radius 2 is 2.12 bits per heavy atom. The summed E-state index contributed by atoms with van der Waals surface area (Å²) in [7, 11) is 1.34. The molecule has 1 aromatic rings. The fraction of sp³-hybridized carbons (Fsp3) is 0.611. The van der Waals surface area contributed by atoms with Crippen molar-refractivity contribution in [2.75, 3.05) is 40.0 Å². The van der Waals surface area contributed by atoms with E-state index < -0.39 is 17.5 Å². The molecule has 0 unspecified atom stereocenters. The van der Waals surface area contributed by atoms with E-state index in [2.05, 4.69) is 11.8 Å². The van der Waals surface area contributed by atoms with Crippen molar-refractivity contribution >= 4 is 5.91 Å². The highest BCUT2D eigenvalue weighted by molar-refractivity contribution is 5.97. The van der Waals surface area contributed by atoms with E-state index in [9.17, 15) is 13.6 Å². The van der Waals surface area contributed by atoms with Gasteiger partial charge in [0.15, 0.2) is 11.6 Å². The zero-order chi connectivity index (χ0) is 18.0. The smallest absolute Gasteiger partial charge is 0.260 e. The van der Waals surface area contributed by atoms with Gasteiger partial charge in [-0.15, -0.1) is 0 Å². The molecule has 2 saturated heterocycles. The minimum atomic E-state index is -1.16. The van der Waals surface area contributed by atoms with Gasteiger partial charge in [-0.25, -0.2) is 8.78 Å². The summed E-state index contributed by atoms with van der Waals surface area (Å²) in [4.78, 5) is 16.8. The molecule has 0 aromatic heterocycles. The largest absolute Gasteiger partial charge is 0.496 e. The maximum absolute atomic E-state index is 14.2. The predicted molar refractivity (Wildman–Crippen MR) is 88.8 cm³/mol. The highest BCUT2D eigenvalue weighted by Gasteiger charge is 2.38. The highest BCUT2D eigenvalue weighted by atomic mass is 19.2. The Kier molecular flexibility index (Phi) is 5.54. The lowest BCUT2D eigenvalue weighted by Gasteiger charge is -2.48. The van der Waals surface area contributed by atoms with E-state index in [1.165, 1.54) is 13.2 Å². The molecule has 2 aliphatic rings. The molecule has 2 heterocycles. The van der Waals surface area contributed by atoms with Crippen molar-refractivity contribution in [2.45, 2.75) is 31.8 Å². The molecule has 5 nitrogen and oxygen atoms in total. The lowest BCUT2D eigenvalue weighted by molar-refractivity contribution is -0.0777. The molecule has 0 radical (unpaired) electrons. The van der Waals surface area contributed by atoms with E-state index >= 15 is 0 Å². The third-order valence-electron chi connectivity index (χ3n) is 5.02. The number of piperazine rings is 1. The van der Waals surface area contributed by atoms with Gasteiger partial charge in [-0.1, -0.05) is 13.3 Å². The summed E-state index contributed by atoms with van der Waals surface area (Å²) in [5.74, 6) is -2.69. The van der Waals surface area contributed by atoms with Crippen LogP contribution in [0, 0.1) is 11.6 Å². The van der Waals surface area contributed by atoms with Crippen molar-refractivity contribution < 1.29 is 23.0 Å². The van der Waals surface area contributed by atoms with Crippen LogP contribution < -0.4 is 4.74 Å². The Balaban J connectivity index is 1.78. The second-order valence-corrected chi connectivity index (χ2v) is 6.56. The van der Waals surface area contributed by atoms with E-state index in [-0.39, 0.29) is 17.4 Å². The van der Waals surface area contributed by atoms with Crippen molar-refractivity contribution in [1.29, 1.82) is 0 Å². The maximum atomic E-state index is 14.2. The first-order valence-corrected chi connectivity index (χ1v) is 8.71. The van der Waals surface area contributed by atoms with E-state index in [0.717, 1.165) is 18.9 Å². The van der Waals surface area contributed by atoms with Gasteiger partial charge in [0.05, 0.1) is 26.4 Å². The molecule has 25 heavy (non-hydrogen) atoms. The van der Waals surface area contributed by atoms with Crippen molar-refractivity contribution in [3.63, 3.8) is 0 Å². The molecule has 2 aliphatic heterocycles. The minimum absolute atomic E-state index is 0.0510. The van der Waals surface area contributed by atoms with Crippen LogP contribution >= 0.6 is 0 Å². The molecule has 138 valence electrons. The lowest BCUT2D eigenvalue weighted by Crippen LogP contribution is -2.62. The third-order valence-corrected chi connectivity index (χ3v) is 5.02. The fourth-order valence-corrected chi connectivity index (χ4v) is 3.76. The number of carbonyl (C=O) groups excluding carboxylic acids is 1. The average Bonchev–Trinajstić information content (AvgIpc) is 2.63. The van der Waals surface area contributed by atoms with Gasteiger partial charge in [-0.2, -0.15) is 0 Å². The van der Waals surface area contributed by atoms with E-state index in [4.69, 9.17) is 9.47 Å². The summed E-state index contributed by atoms with van der Waals surface area (Å²) in [5.41, 5.74) is -0.335. The summed E-state index contributed by atoms with van der Waals surface area (Å²) in [5, 5.41) is 0. The van der Waals surface area contributed by atoms with Crippen LogP contribution in [0.2, 0.25) is 0 Å². The van der Waals surface area contributed by atoms with Gasteiger partial charge in [0, 0.05) is 25.7 Å². The van der Waals surface area contributed by atoms with Crippen LogP contribution in [0.15, 0.2) is 12.1 Å². The number of benzene rings is 1. The van der Waals surface area contributed by atoms with Crippen LogP contribution in [0.1, 0.15) is 30.1 Å². The Bertz CT molecular complexity index is 639. The van der Waals surface area contributed by atoms with Crippen LogP contribution in [0.25, 0.3) is 0 Å². The molecule has 2 fully saturated rings. The standard InChI is InChI=1S/C18H24F2N2O3/c1-3-4-12-10-25-11-13-9-21(7-8-22(12)13)18(23)16-15(24-2)6-5-14(19)17(16)20/h5-6,12-13H,3-4,7-11H2,1-2H3/t12-,13+/m0/s1. The van der Waals surface area contributed by atoms with Crippen molar-refractivity contribution in [3.05, 3.63) is 29.3 Å². The van der Waals surface area contributed by atoms with Gasteiger partial charge in [-0.3, -0.25) is 9.69 Å². The van der Waals surface area contributed by atoms with E-state index in [1.54, 1.807) is 4.90 Å². The van der Waals surface area contributed by atoms with Crippen LogP contribution in [0.4, 0.5) is 8.78 Å². The van der Waals surface area contributed by atoms with Gasteiger partial charge in [0.25, 0.3) is 5.91 Å². The minimum Gasteiger partial charge on any atom is -0.496 e. The molecule has 0 bridgehead atoms. The van der Waals surface area contributed by atoms with Gasteiger partial charge in [-0.05, 0) is 18.6 Å². The summed E-state index contributed by atoms with van der Waals surface area (Å²) in [6.07, 6.45) is 2.13. The number of amides is 1. The Morgan fingerprint density at radius 1 is 1.32 bits per heavy atom. The number of fused-ring (bicyclic) bond motifs is 1. The number of ether oxygens (including phenoxy) is 2. The number of halogens is 2. The van der Waals surface area contributed by atoms with Crippen LogP contribution in [-0.4, -0.2) is 67.7 Å². The zero-order valence-corrected chi connectivity index (χ0v) is 14.6. The van der Waals surface area contributed by atoms with Gasteiger partial charge in [0.2, 0.25) is 0 Å². The SMILES string of the molecule is CCC[C@H]1COC[C@H]2CN(C(=O)c3c(OC)ccc(F)c3F)CCN12. The molecule has 0 N–H and O–H groups in total. The quantitative estimate of drug-likeness (QED) is 0.832. The number of hydrogen-bond acceptors (Lipinski definition) is 4. The number of morpholine rings is 1. The number of hydrogen-bond donors (Lipinski definition) is 0. The lowest BCUT2D eigenvalue weighted by atomic mass is 10.0. The maximum Gasteiger partial charge on any atom is 0.260 e. The molecule has 1 amide bonds. The van der Waals surface area contributed by atoms with Crippen molar-refractivity contribution in [1.82, 2.24) is 9.80 Å². The average molecular weight is 354 g/mol. The predicted octanol–water partition coefficient (Wildman–Crippen LogP) is 2.30. The molecule has 7 heteroatoms. The summed E-state index contributed by atoms with van der Waals surface area (Å²) in [6, 6.07) is 2.70. The summed E-state index contributed by atoms with van der Waals surface area (Å²) in [6.45, 7) is 5.04. The number of rotatable bonds is 4. The third kappa shape index (κ3) is 3.48. The van der Waals surface area contributed by atoms with E-state index in [0.29, 0.717) is 38.9 Å². The Morgan fingerprint density at radius 3 is 2.84 bits per heavy atom. The zero-order valence-electron chi connectivity index (χ0n) is 14.6. The fourth-order valence-electron chi connectivity index (χ4n) is 3.76. The first kappa shape index (κ1) is 18.1. The molecule has 0 aliphatic carbocycles. The van der Waals surface area contributed by atoms with Crippen LogP contribution in [0.5, 0.6) is 5.75 Å².